The average Bonchev–Trinajstić information content (AvgIpc) is 3.16. The number of carbonyl (C=O) groups excluding carboxylic acids is 1. The Morgan fingerprint density at radius 1 is 1.25 bits per heavy atom. The molecule has 0 unspecified atom stereocenters. The zero-order valence-electron chi connectivity index (χ0n) is 13.5. The number of aryl methyl sites for hydroxylation is 2. The van der Waals surface area contributed by atoms with Crippen molar-refractivity contribution in [2.45, 2.75) is 26.9 Å². The minimum absolute atomic E-state index is 0.225. The summed E-state index contributed by atoms with van der Waals surface area (Å²) >= 11 is 6.20. The summed E-state index contributed by atoms with van der Waals surface area (Å²) in [6.07, 6.45) is 1.61. The van der Waals surface area contributed by atoms with Crippen molar-refractivity contribution in [1.29, 1.82) is 0 Å². The lowest BCUT2D eigenvalue weighted by atomic mass is 10.2. The number of benzene rings is 1. The number of nitrogens with one attached hydrogen (secondary N) is 1. The monoisotopic (exact) mass is 343 g/mol. The van der Waals surface area contributed by atoms with Crippen LogP contribution in [0, 0.1) is 6.92 Å². The number of aromatic nitrogens is 4. The van der Waals surface area contributed by atoms with Gasteiger partial charge in [0.05, 0.1) is 6.54 Å². The zero-order valence-corrected chi connectivity index (χ0v) is 14.3. The van der Waals surface area contributed by atoms with Gasteiger partial charge in [-0.15, -0.1) is 0 Å². The van der Waals surface area contributed by atoms with E-state index in [0.717, 1.165) is 11.3 Å². The summed E-state index contributed by atoms with van der Waals surface area (Å²) < 4.78 is 3.46. The van der Waals surface area contributed by atoms with Gasteiger partial charge in [-0.3, -0.25) is 14.2 Å². The highest BCUT2D eigenvalue weighted by atomic mass is 35.5. The van der Waals surface area contributed by atoms with Crippen LogP contribution in [-0.4, -0.2) is 25.5 Å². The molecule has 1 aromatic carbocycles. The van der Waals surface area contributed by atoms with E-state index in [0.29, 0.717) is 29.6 Å². The normalized spacial score (nSPS) is 10.8. The molecule has 0 fully saturated rings. The lowest BCUT2D eigenvalue weighted by Crippen LogP contribution is -2.17. The minimum atomic E-state index is -0.225. The van der Waals surface area contributed by atoms with Gasteiger partial charge in [0, 0.05) is 29.5 Å². The first-order valence-electron chi connectivity index (χ1n) is 7.69. The van der Waals surface area contributed by atoms with Crippen LogP contribution < -0.4 is 5.32 Å². The minimum Gasteiger partial charge on any atom is -0.304 e. The number of carbonyl (C=O) groups is 1. The maximum atomic E-state index is 12.3. The largest absolute Gasteiger partial charge is 0.304 e. The number of hydrogen-bond acceptors (Lipinski definition) is 3. The van der Waals surface area contributed by atoms with E-state index in [2.05, 4.69) is 15.5 Å². The highest BCUT2D eigenvalue weighted by Gasteiger charge is 2.14. The summed E-state index contributed by atoms with van der Waals surface area (Å²) in [6, 6.07) is 11.2. The van der Waals surface area contributed by atoms with Crippen molar-refractivity contribution in [3.8, 4) is 0 Å². The highest BCUT2D eigenvalue weighted by molar-refractivity contribution is 6.31. The second-order valence-electron chi connectivity index (χ2n) is 5.41. The van der Waals surface area contributed by atoms with Crippen LogP contribution >= 0.6 is 11.6 Å². The summed E-state index contributed by atoms with van der Waals surface area (Å²) in [4.78, 5) is 12.3. The van der Waals surface area contributed by atoms with Crippen LogP contribution in [0.4, 0.5) is 5.82 Å². The third kappa shape index (κ3) is 3.33. The fourth-order valence-corrected chi connectivity index (χ4v) is 2.67. The molecule has 2 heterocycles. The number of anilines is 1. The second kappa shape index (κ2) is 6.88. The predicted octanol–water partition coefficient (Wildman–Crippen LogP) is 3.36. The molecule has 0 spiro atoms. The van der Waals surface area contributed by atoms with Gasteiger partial charge >= 0.3 is 0 Å². The first-order valence-corrected chi connectivity index (χ1v) is 8.07. The van der Waals surface area contributed by atoms with Crippen molar-refractivity contribution in [3.63, 3.8) is 0 Å². The number of amides is 1. The summed E-state index contributed by atoms with van der Waals surface area (Å²) in [5.74, 6) is 0.283. The van der Waals surface area contributed by atoms with Crippen molar-refractivity contribution >= 4 is 23.3 Å². The van der Waals surface area contributed by atoms with E-state index in [1.807, 2.05) is 48.9 Å². The molecule has 124 valence electrons. The van der Waals surface area contributed by atoms with Crippen LogP contribution in [-0.2, 0) is 13.1 Å². The van der Waals surface area contributed by atoms with Gasteiger partial charge < -0.3 is 5.32 Å². The van der Waals surface area contributed by atoms with Crippen LogP contribution in [0.15, 0.2) is 42.6 Å². The van der Waals surface area contributed by atoms with Gasteiger partial charge in [-0.2, -0.15) is 10.2 Å². The molecule has 0 aliphatic carbocycles. The van der Waals surface area contributed by atoms with E-state index in [9.17, 15) is 4.79 Å². The molecule has 0 bridgehead atoms. The van der Waals surface area contributed by atoms with Gasteiger partial charge in [-0.1, -0.05) is 29.8 Å². The summed E-state index contributed by atoms with van der Waals surface area (Å²) in [6.45, 7) is 5.06. The first kappa shape index (κ1) is 16.3. The van der Waals surface area contributed by atoms with E-state index >= 15 is 0 Å². The lowest BCUT2D eigenvalue weighted by molar-refractivity contribution is 0.101. The van der Waals surface area contributed by atoms with Crippen LogP contribution in [0.25, 0.3) is 0 Å². The Hall–Kier alpha value is -2.60. The number of rotatable bonds is 5. The molecule has 0 saturated heterocycles. The highest BCUT2D eigenvalue weighted by Crippen LogP contribution is 2.18. The molecular weight excluding hydrogens is 326 g/mol. The molecule has 1 amide bonds. The Kier molecular flexibility index (Phi) is 4.66. The molecule has 3 rings (SSSR count). The molecule has 0 aliphatic rings. The summed E-state index contributed by atoms with van der Waals surface area (Å²) in [7, 11) is 0. The first-order chi connectivity index (χ1) is 11.6. The Balaban J connectivity index is 1.77. The van der Waals surface area contributed by atoms with Crippen LogP contribution in [0.5, 0.6) is 0 Å². The van der Waals surface area contributed by atoms with Crippen molar-refractivity contribution in [3.05, 3.63) is 64.6 Å². The van der Waals surface area contributed by atoms with E-state index in [4.69, 9.17) is 11.6 Å². The number of nitrogens with zero attached hydrogens (tertiary/aromatic N) is 4. The van der Waals surface area contributed by atoms with Crippen molar-refractivity contribution in [1.82, 2.24) is 19.6 Å². The molecule has 3 aromatic rings. The third-order valence-electron chi connectivity index (χ3n) is 3.75. The summed E-state index contributed by atoms with van der Waals surface area (Å²) in [5.41, 5.74) is 2.43. The second-order valence-corrected chi connectivity index (χ2v) is 5.81. The van der Waals surface area contributed by atoms with Gasteiger partial charge in [-0.05, 0) is 31.5 Å². The number of hydrogen-bond donors (Lipinski definition) is 1. The predicted molar refractivity (Wildman–Crippen MR) is 93.4 cm³/mol. The van der Waals surface area contributed by atoms with Crippen LogP contribution in [0.1, 0.15) is 28.7 Å². The Labute approximate surface area is 145 Å². The maximum Gasteiger partial charge on any atom is 0.275 e. The van der Waals surface area contributed by atoms with Gasteiger partial charge in [-0.25, -0.2) is 0 Å². The molecule has 0 saturated carbocycles. The Morgan fingerprint density at radius 3 is 2.79 bits per heavy atom. The van der Waals surface area contributed by atoms with Crippen molar-refractivity contribution in [2.24, 2.45) is 0 Å². The van der Waals surface area contributed by atoms with E-state index in [-0.39, 0.29) is 5.91 Å². The topological polar surface area (TPSA) is 64.7 Å². The van der Waals surface area contributed by atoms with Crippen molar-refractivity contribution < 1.29 is 4.79 Å². The molecule has 6 nitrogen and oxygen atoms in total. The molecule has 0 atom stereocenters. The quantitative estimate of drug-likeness (QED) is 0.772. The molecule has 0 radical (unpaired) electrons. The third-order valence-corrected chi connectivity index (χ3v) is 4.12. The van der Waals surface area contributed by atoms with Gasteiger partial charge in [0.25, 0.3) is 5.91 Å². The SMILES string of the molecule is CCn1nccc1C(=O)Nc1cc(C)n(Cc2ccccc2Cl)n1. The fraction of sp³-hybridized carbons (Fsp3) is 0.235. The van der Waals surface area contributed by atoms with E-state index in [1.54, 1.807) is 16.9 Å². The lowest BCUT2D eigenvalue weighted by Gasteiger charge is -2.06. The molecule has 2 aromatic heterocycles. The van der Waals surface area contributed by atoms with Gasteiger partial charge in [0.1, 0.15) is 5.69 Å². The fourth-order valence-electron chi connectivity index (χ4n) is 2.48. The van der Waals surface area contributed by atoms with E-state index in [1.165, 1.54) is 0 Å². The van der Waals surface area contributed by atoms with Gasteiger partial charge in [0.15, 0.2) is 5.82 Å². The smallest absolute Gasteiger partial charge is 0.275 e. The standard InChI is InChI=1S/C17H18ClN5O/c1-3-22-15(8-9-19-22)17(24)20-16-10-12(2)23(21-16)11-13-6-4-5-7-14(13)18/h4-10H,3,11H2,1-2H3,(H,20,21,24). The Morgan fingerprint density at radius 2 is 2.04 bits per heavy atom. The van der Waals surface area contributed by atoms with Crippen LogP contribution in [0.3, 0.4) is 0 Å². The van der Waals surface area contributed by atoms with Gasteiger partial charge in [0.2, 0.25) is 0 Å². The molecule has 0 aliphatic heterocycles. The molecule has 7 heteroatoms. The number of halogens is 1. The van der Waals surface area contributed by atoms with Crippen LogP contribution in [0.2, 0.25) is 5.02 Å². The van der Waals surface area contributed by atoms with Crippen molar-refractivity contribution in [2.75, 3.05) is 5.32 Å². The average molecular weight is 344 g/mol. The summed E-state index contributed by atoms with van der Waals surface area (Å²) in [5, 5.41) is 12.1. The Bertz CT molecular complexity index is 868. The maximum absolute atomic E-state index is 12.3. The molecule has 24 heavy (non-hydrogen) atoms. The zero-order chi connectivity index (χ0) is 17.1. The molecular formula is C17H18ClN5O. The van der Waals surface area contributed by atoms with E-state index < -0.39 is 0 Å². The molecule has 1 N–H and O–H groups in total.